The predicted molar refractivity (Wildman–Crippen MR) is 98.3 cm³/mol. The van der Waals surface area contributed by atoms with E-state index in [0.29, 0.717) is 13.2 Å². The number of nitrogens with zero attached hydrogens (tertiary/aromatic N) is 2. The van der Waals surface area contributed by atoms with Crippen LogP contribution in [0.4, 0.5) is 5.69 Å². The maximum atomic E-state index is 12.2. The minimum Gasteiger partial charge on any atom is -0.383 e. The van der Waals surface area contributed by atoms with Crippen LogP contribution in [-0.4, -0.2) is 57.2 Å². The Morgan fingerprint density at radius 2 is 2.00 bits per heavy atom. The zero-order chi connectivity index (χ0) is 17.4. The number of benzene rings is 1. The molecule has 1 saturated heterocycles. The van der Waals surface area contributed by atoms with Crippen LogP contribution in [0.3, 0.4) is 0 Å². The number of hydrogen-bond donors (Lipinski definition) is 1. The molecule has 0 aliphatic carbocycles. The molecule has 1 aliphatic heterocycles. The van der Waals surface area contributed by atoms with Gasteiger partial charge < -0.3 is 15.0 Å². The van der Waals surface area contributed by atoms with E-state index in [1.165, 1.54) is 30.5 Å². The Balaban J connectivity index is 1.98. The lowest BCUT2D eigenvalue weighted by Crippen LogP contribution is -2.44. The molecule has 0 radical (unpaired) electrons. The molecule has 0 saturated carbocycles. The van der Waals surface area contributed by atoms with Crippen molar-refractivity contribution in [3.63, 3.8) is 0 Å². The van der Waals surface area contributed by atoms with Gasteiger partial charge in [-0.15, -0.1) is 0 Å². The van der Waals surface area contributed by atoms with Crippen LogP contribution in [0.15, 0.2) is 24.3 Å². The van der Waals surface area contributed by atoms with Crippen molar-refractivity contribution in [1.29, 1.82) is 0 Å². The van der Waals surface area contributed by atoms with Crippen LogP contribution >= 0.6 is 0 Å². The van der Waals surface area contributed by atoms with Gasteiger partial charge in [0.25, 0.3) is 0 Å². The number of hydrogen-bond acceptors (Lipinski definition) is 4. The molecule has 0 bridgehead atoms. The zero-order valence-electron chi connectivity index (χ0n) is 15.3. The van der Waals surface area contributed by atoms with Gasteiger partial charge in [0, 0.05) is 39.0 Å². The molecule has 0 spiro atoms. The van der Waals surface area contributed by atoms with E-state index < -0.39 is 0 Å². The Kier molecular flexibility index (Phi) is 7.53. The van der Waals surface area contributed by atoms with Gasteiger partial charge in [0.05, 0.1) is 12.6 Å². The minimum absolute atomic E-state index is 0.0463. The lowest BCUT2D eigenvalue weighted by molar-refractivity contribution is -0.125. The van der Waals surface area contributed by atoms with Crippen molar-refractivity contribution in [3.8, 4) is 0 Å². The molecule has 1 aromatic rings. The normalized spacial score (nSPS) is 16.2. The number of carbonyl (C=O) groups is 1. The van der Waals surface area contributed by atoms with Crippen molar-refractivity contribution in [2.75, 3.05) is 45.3 Å². The molecule has 2 rings (SSSR count). The van der Waals surface area contributed by atoms with Crippen LogP contribution in [-0.2, 0) is 16.1 Å². The average molecular weight is 333 g/mol. The molecule has 1 unspecified atom stereocenters. The van der Waals surface area contributed by atoms with E-state index in [-0.39, 0.29) is 11.9 Å². The second-order valence-corrected chi connectivity index (χ2v) is 6.55. The Bertz CT molecular complexity index is 515. The lowest BCUT2D eigenvalue weighted by atomic mass is 10.1. The summed E-state index contributed by atoms with van der Waals surface area (Å²) in [5.74, 6) is 0.0463. The highest BCUT2D eigenvalue weighted by molar-refractivity contribution is 5.81. The van der Waals surface area contributed by atoms with E-state index in [0.717, 1.165) is 19.6 Å². The van der Waals surface area contributed by atoms with Crippen LogP contribution < -0.4 is 10.2 Å². The Morgan fingerprint density at radius 1 is 1.29 bits per heavy atom. The lowest BCUT2D eigenvalue weighted by Gasteiger charge is -2.32. The van der Waals surface area contributed by atoms with Crippen molar-refractivity contribution < 1.29 is 9.53 Å². The molecule has 1 aliphatic rings. The van der Waals surface area contributed by atoms with E-state index in [4.69, 9.17) is 4.74 Å². The minimum atomic E-state index is -0.170. The predicted octanol–water partition coefficient (Wildman–Crippen LogP) is 2.26. The first kappa shape index (κ1) is 18.7. The molecule has 0 aromatic heterocycles. The summed E-state index contributed by atoms with van der Waals surface area (Å²) in [5.41, 5.74) is 2.61. The molecule has 1 atom stereocenters. The van der Waals surface area contributed by atoms with Crippen LogP contribution in [0.1, 0.15) is 31.7 Å². The Morgan fingerprint density at radius 3 is 2.71 bits per heavy atom. The van der Waals surface area contributed by atoms with E-state index in [1.807, 2.05) is 14.0 Å². The number of nitrogens with one attached hydrogen (secondary N) is 1. The van der Waals surface area contributed by atoms with Crippen LogP contribution in [0, 0.1) is 0 Å². The number of ether oxygens (including phenoxy) is 1. The number of rotatable bonds is 8. The van der Waals surface area contributed by atoms with Gasteiger partial charge in [-0.2, -0.15) is 0 Å². The Hall–Kier alpha value is -1.59. The summed E-state index contributed by atoms with van der Waals surface area (Å²) in [5, 5.41) is 2.91. The van der Waals surface area contributed by atoms with Gasteiger partial charge in [-0.25, -0.2) is 0 Å². The highest BCUT2D eigenvalue weighted by Gasteiger charge is 2.20. The van der Waals surface area contributed by atoms with Crippen molar-refractivity contribution in [3.05, 3.63) is 29.8 Å². The van der Waals surface area contributed by atoms with Crippen LogP contribution in [0.25, 0.3) is 0 Å². The first-order valence-corrected chi connectivity index (χ1v) is 8.93. The van der Waals surface area contributed by atoms with Gasteiger partial charge >= 0.3 is 0 Å². The summed E-state index contributed by atoms with van der Waals surface area (Å²) in [6.45, 7) is 6.08. The molecule has 1 amide bonds. The largest absolute Gasteiger partial charge is 0.383 e. The SMILES string of the molecule is COCCNC(=O)C(C)N(C)Cc1ccccc1N1CCCCC1. The third kappa shape index (κ3) is 5.21. The fourth-order valence-corrected chi connectivity index (χ4v) is 3.12. The van der Waals surface area contributed by atoms with E-state index in [1.54, 1.807) is 7.11 Å². The second kappa shape index (κ2) is 9.64. The number of methoxy groups -OCH3 is 1. The number of anilines is 1. The fraction of sp³-hybridized carbons (Fsp3) is 0.632. The zero-order valence-corrected chi connectivity index (χ0v) is 15.3. The molecule has 1 heterocycles. The van der Waals surface area contributed by atoms with Crippen molar-refractivity contribution in [1.82, 2.24) is 10.2 Å². The number of para-hydroxylation sites is 1. The smallest absolute Gasteiger partial charge is 0.237 e. The second-order valence-electron chi connectivity index (χ2n) is 6.55. The maximum absolute atomic E-state index is 12.2. The number of piperidine rings is 1. The standard InChI is InChI=1S/C19H31N3O2/c1-16(19(23)20-11-14-24-3)21(2)15-17-9-5-6-10-18(17)22-12-7-4-8-13-22/h5-6,9-10,16H,4,7-8,11-15H2,1-3H3,(H,20,23). The van der Waals surface area contributed by atoms with Crippen molar-refractivity contribution in [2.24, 2.45) is 0 Å². The van der Waals surface area contributed by atoms with Gasteiger partial charge in [-0.05, 0) is 44.9 Å². The van der Waals surface area contributed by atoms with E-state index >= 15 is 0 Å². The summed E-state index contributed by atoms with van der Waals surface area (Å²) in [4.78, 5) is 16.8. The maximum Gasteiger partial charge on any atom is 0.237 e. The van der Waals surface area contributed by atoms with Gasteiger partial charge in [-0.1, -0.05) is 18.2 Å². The van der Waals surface area contributed by atoms with Gasteiger partial charge in [0.15, 0.2) is 0 Å². The van der Waals surface area contributed by atoms with Crippen molar-refractivity contribution in [2.45, 2.75) is 38.8 Å². The van der Waals surface area contributed by atoms with Gasteiger partial charge in [0.2, 0.25) is 5.91 Å². The molecular formula is C19H31N3O2. The molecule has 5 heteroatoms. The molecule has 24 heavy (non-hydrogen) atoms. The summed E-state index contributed by atoms with van der Waals surface area (Å²) in [7, 11) is 3.65. The van der Waals surface area contributed by atoms with Gasteiger partial charge in [-0.3, -0.25) is 9.69 Å². The fourth-order valence-electron chi connectivity index (χ4n) is 3.12. The molecule has 134 valence electrons. The summed E-state index contributed by atoms with van der Waals surface area (Å²) in [6.07, 6.45) is 3.86. The molecular weight excluding hydrogens is 302 g/mol. The summed E-state index contributed by atoms with van der Waals surface area (Å²) < 4.78 is 4.98. The quantitative estimate of drug-likeness (QED) is 0.741. The van der Waals surface area contributed by atoms with Gasteiger partial charge in [0.1, 0.15) is 0 Å². The molecule has 1 aromatic carbocycles. The third-order valence-corrected chi connectivity index (χ3v) is 4.75. The first-order chi connectivity index (χ1) is 11.6. The monoisotopic (exact) mass is 333 g/mol. The number of amides is 1. The molecule has 1 N–H and O–H groups in total. The molecule has 5 nitrogen and oxygen atoms in total. The summed E-state index contributed by atoms with van der Waals surface area (Å²) >= 11 is 0. The van der Waals surface area contributed by atoms with Crippen LogP contribution in [0.5, 0.6) is 0 Å². The first-order valence-electron chi connectivity index (χ1n) is 8.93. The number of likely N-dealkylation sites (N-methyl/N-ethyl adjacent to an activating group) is 1. The average Bonchev–Trinajstić information content (AvgIpc) is 2.62. The molecule has 1 fully saturated rings. The van der Waals surface area contributed by atoms with Crippen molar-refractivity contribution >= 4 is 11.6 Å². The highest BCUT2D eigenvalue weighted by Crippen LogP contribution is 2.25. The third-order valence-electron chi connectivity index (χ3n) is 4.75. The highest BCUT2D eigenvalue weighted by atomic mass is 16.5. The Labute approximate surface area is 146 Å². The topological polar surface area (TPSA) is 44.8 Å². The van der Waals surface area contributed by atoms with E-state index in [9.17, 15) is 4.79 Å². The summed E-state index contributed by atoms with van der Waals surface area (Å²) in [6, 6.07) is 8.40. The number of carbonyl (C=O) groups excluding carboxylic acids is 1. The van der Waals surface area contributed by atoms with Crippen LogP contribution in [0.2, 0.25) is 0 Å². The van der Waals surface area contributed by atoms with E-state index in [2.05, 4.69) is 39.4 Å².